The van der Waals surface area contributed by atoms with Crippen molar-refractivity contribution in [1.82, 2.24) is 4.90 Å². The third-order valence-corrected chi connectivity index (χ3v) is 6.09. The summed E-state index contributed by atoms with van der Waals surface area (Å²) in [7, 11) is 0. The van der Waals surface area contributed by atoms with Gasteiger partial charge in [-0.05, 0) is 53.5 Å². The Balaban J connectivity index is 2.08. The van der Waals surface area contributed by atoms with Crippen LogP contribution in [0.2, 0.25) is 0 Å². The van der Waals surface area contributed by atoms with E-state index < -0.39 is 17.9 Å². The molecule has 0 spiro atoms. The van der Waals surface area contributed by atoms with Gasteiger partial charge in [-0.2, -0.15) is 0 Å². The molecule has 3 unspecified atom stereocenters. The Kier molecular flexibility index (Phi) is 6.72. The van der Waals surface area contributed by atoms with Gasteiger partial charge in [0, 0.05) is 5.56 Å². The third-order valence-electron chi connectivity index (χ3n) is 4.46. The number of allylic oxidation sites excluding steroid dienone is 2. The first-order valence-electron chi connectivity index (χ1n) is 8.52. The largest absolute Gasteiger partial charge is 0.452 e. The molecule has 3 rings (SSSR count). The molecule has 0 radical (unpaired) electrons. The molecule has 2 heterocycles. The van der Waals surface area contributed by atoms with Crippen molar-refractivity contribution in [1.29, 1.82) is 0 Å². The number of thioether (sulfide) groups is 1. The van der Waals surface area contributed by atoms with Crippen LogP contribution in [0.1, 0.15) is 16.7 Å². The van der Waals surface area contributed by atoms with E-state index in [1.807, 2.05) is 47.4 Å². The minimum atomic E-state index is -1.03. The lowest BCUT2D eigenvalue weighted by Crippen LogP contribution is -2.42. The first-order valence-corrected chi connectivity index (χ1v) is 11.1. The highest BCUT2D eigenvalue weighted by atomic mass is 32.2. The molecule has 0 aliphatic carbocycles. The lowest BCUT2D eigenvalue weighted by molar-refractivity contribution is 0.0349. The minimum Gasteiger partial charge on any atom is -0.452 e. The van der Waals surface area contributed by atoms with Crippen LogP contribution in [0.25, 0.3) is 0 Å². The second-order valence-electron chi connectivity index (χ2n) is 6.07. The number of hydrogen-bond acceptors (Lipinski definition) is 5. The fourth-order valence-electron chi connectivity index (χ4n) is 3.18. The van der Waals surface area contributed by atoms with Gasteiger partial charge in [0.05, 0.1) is 4.88 Å². The molecule has 0 saturated carbocycles. The number of benzene rings is 1. The van der Waals surface area contributed by atoms with Gasteiger partial charge in [-0.1, -0.05) is 36.4 Å². The number of aliphatic hydroxyl groups is 1. The summed E-state index contributed by atoms with van der Waals surface area (Å²) in [5.74, 6) is -0.337. The normalized spacial score (nSPS) is 23.5. The Morgan fingerprint density at radius 3 is 2.71 bits per heavy atom. The Morgan fingerprint density at radius 2 is 2.11 bits per heavy atom. The van der Waals surface area contributed by atoms with Crippen molar-refractivity contribution < 1.29 is 14.2 Å². The van der Waals surface area contributed by atoms with Crippen LogP contribution in [0.15, 0.2) is 78.1 Å². The van der Waals surface area contributed by atoms with Crippen molar-refractivity contribution >= 4 is 40.5 Å². The van der Waals surface area contributed by atoms with Crippen molar-refractivity contribution in [2.75, 3.05) is 6.26 Å². The zero-order valence-electron chi connectivity index (χ0n) is 15.2. The van der Waals surface area contributed by atoms with E-state index in [1.54, 1.807) is 34.9 Å². The fraction of sp³-hybridized carbons (Fsp3) is 0.190. The smallest absolute Gasteiger partial charge is 0.263 e. The second-order valence-corrected chi connectivity index (χ2v) is 8.14. The SMILES string of the molecule is C=CC1N(C(O)c2cccs2)C(=S)OC1(/C=C/C=C\SC)c1ccc(F)cc1. The summed E-state index contributed by atoms with van der Waals surface area (Å²) >= 11 is 8.49. The number of aliphatic hydroxyl groups excluding tert-OH is 1. The fourth-order valence-corrected chi connectivity index (χ4v) is 4.49. The summed E-state index contributed by atoms with van der Waals surface area (Å²) in [5.41, 5.74) is -0.316. The van der Waals surface area contributed by atoms with Gasteiger partial charge >= 0.3 is 0 Å². The van der Waals surface area contributed by atoms with Crippen LogP contribution in [0, 0.1) is 5.82 Å². The molecule has 28 heavy (non-hydrogen) atoms. The Labute approximate surface area is 177 Å². The number of ether oxygens (including phenoxy) is 1. The van der Waals surface area contributed by atoms with Crippen molar-refractivity contribution in [3.63, 3.8) is 0 Å². The highest BCUT2D eigenvalue weighted by Gasteiger charge is 2.52. The van der Waals surface area contributed by atoms with Crippen molar-refractivity contribution in [2.24, 2.45) is 0 Å². The van der Waals surface area contributed by atoms with E-state index in [9.17, 15) is 9.50 Å². The lowest BCUT2D eigenvalue weighted by Gasteiger charge is -2.33. The average Bonchev–Trinajstić information content (AvgIpc) is 3.32. The summed E-state index contributed by atoms with van der Waals surface area (Å²) in [6.45, 7) is 3.95. The number of nitrogens with zero attached hydrogens (tertiary/aromatic N) is 1. The molecular weight excluding hydrogens is 413 g/mol. The maximum Gasteiger partial charge on any atom is 0.263 e. The molecule has 146 valence electrons. The highest BCUT2D eigenvalue weighted by molar-refractivity contribution is 8.01. The summed E-state index contributed by atoms with van der Waals surface area (Å²) in [6.07, 6.45) is 8.32. The summed E-state index contributed by atoms with van der Waals surface area (Å²) < 4.78 is 19.7. The minimum absolute atomic E-state index is 0.161. The van der Waals surface area contributed by atoms with Crippen molar-refractivity contribution in [2.45, 2.75) is 17.9 Å². The van der Waals surface area contributed by atoms with Crippen molar-refractivity contribution in [3.05, 3.63) is 94.3 Å². The zero-order chi connectivity index (χ0) is 20.1. The van der Waals surface area contributed by atoms with E-state index in [-0.39, 0.29) is 11.0 Å². The molecule has 7 heteroatoms. The number of thiophene rings is 1. The van der Waals surface area contributed by atoms with Gasteiger partial charge in [0.1, 0.15) is 11.9 Å². The summed E-state index contributed by atoms with van der Waals surface area (Å²) in [4.78, 5) is 2.37. The molecule has 2 aromatic rings. The van der Waals surface area contributed by atoms with Gasteiger partial charge < -0.3 is 9.84 Å². The maximum atomic E-state index is 13.5. The van der Waals surface area contributed by atoms with E-state index in [0.29, 0.717) is 0 Å². The second kappa shape index (κ2) is 9.05. The zero-order valence-corrected chi connectivity index (χ0v) is 17.6. The topological polar surface area (TPSA) is 32.7 Å². The van der Waals surface area contributed by atoms with Gasteiger partial charge in [-0.15, -0.1) is 29.7 Å². The van der Waals surface area contributed by atoms with E-state index in [4.69, 9.17) is 17.0 Å². The molecule has 3 atom stereocenters. The van der Waals surface area contributed by atoms with Crippen LogP contribution in [0.4, 0.5) is 4.39 Å². The molecule has 0 bridgehead atoms. The molecule has 0 amide bonds. The van der Waals surface area contributed by atoms with E-state index in [2.05, 4.69) is 6.58 Å². The molecule has 1 aliphatic heterocycles. The Morgan fingerprint density at radius 1 is 1.36 bits per heavy atom. The molecule has 1 saturated heterocycles. The quantitative estimate of drug-likeness (QED) is 0.360. The van der Waals surface area contributed by atoms with Gasteiger partial charge in [0.15, 0.2) is 11.8 Å². The molecule has 1 aromatic carbocycles. The monoisotopic (exact) mass is 433 g/mol. The van der Waals surface area contributed by atoms with Gasteiger partial charge in [0.25, 0.3) is 5.17 Å². The average molecular weight is 434 g/mol. The predicted octanol–water partition coefficient (Wildman–Crippen LogP) is 5.38. The third kappa shape index (κ3) is 3.93. The summed E-state index contributed by atoms with van der Waals surface area (Å²) in [5, 5.41) is 14.9. The lowest BCUT2D eigenvalue weighted by atomic mass is 9.85. The first kappa shape index (κ1) is 20.8. The Hall–Kier alpha value is -1.93. The highest BCUT2D eigenvalue weighted by Crippen LogP contribution is 2.44. The van der Waals surface area contributed by atoms with Crippen LogP contribution >= 0.6 is 35.3 Å². The van der Waals surface area contributed by atoms with Gasteiger partial charge in [-0.3, -0.25) is 4.90 Å². The molecule has 1 fully saturated rings. The molecule has 1 aliphatic rings. The van der Waals surface area contributed by atoms with Crippen LogP contribution in [-0.4, -0.2) is 27.5 Å². The van der Waals surface area contributed by atoms with Crippen LogP contribution in [0.5, 0.6) is 0 Å². The van der Waals surface area contributed by atoms with E-state index >= 15 is 0 Å². The Bertz CT molecular complexity index is 880. The van der Waals surface area contributed by atoms with Crippen LogP contribution in [-0.2, 0) is 10.3 Å². The number of hydrogen-bond donors (Lipinski definition) is 1. The maximum absolute atomic E-state index is 13.5. The molecule has 3 nitrogen and oxygen atoms in total. The van der Waals surface area contributed by atoms with Gasteiger partial charge in [-0.25, -0.2) is 4.39 Å². The number of halogens is 1. The predicted molar refractivity (Wildman–Crippen MR) is 119 cm³/mol. The molecule has 1 aromatic heterocycles. The van der Waals surface area contributed by atoms with Crippen LogP contribution in [0.3, 0.4) is 0 Å². The van der Waals surface area contributed by atoms with Gasteiger partial charge in [0.2, 0.25) is 0 Å². The number of thiocarbonyl (C=S) groups is 1. The first-order chi connectivity index (χ1) is 13.5. The van der Waals surface area contributed by atoms with Crippen LogP contribution < -0.4 is 0 Å². The van der Waals surface area contributed by atoms with E-state index in [1.165, 1.54) is 23.5 Å². The van der Waals surface area contributed by atoms with Crippen molar-refractivity contribution in [3.8, 4) is 0 Å². The van der Waals surface area contributed by atoms with E-state index in [0.717, 1.165) is 10.4 Å². The number of rotatable bonds is 7. The molecular formula is C21H20FNO2S3. The standard InChI is InChI=1S/C21H20FNO2S3/c1-3-18-21(12-4-5-13-27-2,15-8-10-16(22)11-9-15)25-20(26)23(18)19(24)17-7-6-14-28-17/h3-14,18-19,24H,1H2,2H3/b12-4+,13-5-. The summed E-state index contributed by atoms with van der Waals surface area (Å²) in [6, 6.07) is 9.32. The molecule has 1 N–H and O–H groups in total.